The number of ketones is 1. The van der Waals surface area contributed by atoms with E-state index < -0.39 is 12.0 Å². The maximum Gasteiger partial charge on any atom is 0.305 e. The van der Waals surface area contributed by atoms with Crippen LogP contribution in [0.15, 0.2) is 18.2 Å². The van der Waals surface area contributed by atoms with Gasteiger partial charge in [0.1, 0.15) is 5.75 Å². The summed E-state index contributed by atoms with van der Waals surface area (Å²) in [6, 6.07) is 3.88. The molecule has 0 aliphatic carbocycles. The number of ether oxygens (including phenoxy) is 1. The number of Topliss-reactive ketones (excluding diaryl/α,β-unsaturated/α-hetero) is 1. The van der Waals surface area contributed by atoms with Crippen LogP contribution in [0.3, 0.4) is 0 Å². The lowest BCUT2D eigenvalue weighted by atomic mass is 10.0. The van der Waals surface area contributed by atoms with Crippen molar-refractivity contribution in [2.75, 3.05) is 13.7 Å². The van der Waals surface area contributed by atoms with Crippen molar-refractivity contribution in [1.82, 2.24) is 5.32 Å². The molecular weight excluding hydrogens is 270 g/mol. The summed E-state index contributed by atoms with van der Waals surface area (Å²) in [6.07, 6.45) is -0.289. The number of carboxylic acid groups (broad SMARTS) is 1. The Balaban J connectivity index is 3.07. The number of benzene rings is 1. The van der Waals surface area contributed by atoms with Gasteiger partial charge in [-0.15, -0.1) is 0 Å². The molecule has 1 aromatic carbocycles. The molecule has 0 saturated carbocycles. The first kappa shape index (κ1) is 15.5. The molecule has 1 rings (SSSR count). The van der Waals surface area contributed by atoms with Crippen molar-refractivity contribution in [2.24, 2.45) is 0 Å². The van der Waals surface area contributed by atoms with E-state index in [1.54, 1.807) is 19.1 Å². The minimum Gasteiger partial charge on any atom is -0.496 e. The van der Waals surface area contributed by atoms with Gasteiger partial charge in [-0.1, -0.05) is 18.5 Å². The predicted octanol–water partition coefficient (Wildman–Crippen LogP) is 1.98. The van der Waals surface area contributed by atoms with Gasteiger partial charge >= 0.3 is 5.97 Å². The second kappa shape index (κ2) is 7.11. The smallest absolute Gasteiger partial charge is 0.305 e. The topological polar surface area (TPSA) is 75.6 Å². The summed E-state index contributed by atoms with van der Waals surface area (Å²) in [6.45, 7) is 2.30. The van der Waals surface area contributed by atoms with Crippen molar-refractivity contribution in [2.45, 2.75) is 19.4 Å². The molecule has 0 spiro atoms. The van der Waals surface area contributed by atoms with E-state index in [1.165, 1.54) is 13.2 Å². The standard InChI is InChI=1S/C13H16ClNO4/c1-3-15-10(7-12(16)17)13(18)9-6-8(14)4-5-11(9)19-2/h4-6,10,15H,3,7H2,1-2H3,(H,16,17). The zero-order valence-electron chi connectivity index (χ0n) is 10.8. The van der Waals surface area contributed by atoms with Gasteiger partial charge in [-0.25, -0.2) is 0 Å². The van der Waals surface area contributed by atoms with E-state index in [0.717, 1.165) is 0 Å². The Labute approximate surface area is 116 Å². The van der Waals surface area contributed by atoms with E-state index in [0.29, 0.717) is 17.3 Å². The highest BCUT2D eigenvalue weighted by atomic mass is 35.5. The molecule has 0 aliphatic heterocycles. The minimum absolute atomic E-state index is 0.280. The largest absolute Gasteiger partial charge is 0.496 e. The summed E-state index contributed by atoms with van der Waals surface area (Å²) in [5, 5.41) is 12.1. The number of nitrogens with one attached hydrogen (secondary N) is 1. The molecule has 0 aromatic heterocycles. The van der Waals surface area contributed by atoms with Gasteiger partial charge in [0.15, 0.2) is 5.78 Å². The van der Waals surface area contributed by atoms with E-state index in [9.17, 15) is 9.59 Å². The maximum atomic E-state index is 12.3. The van der Waals surface area contributed by atoms with E-state index in [-0.39, 0.29) is 17.8 Å². The first-order valence-electron chi connectivity index (χ1n) is 5.82. The van der Waals surface area contributed by atoms with Gasteiger partial charge in [-0.3, -0.25) is 9.59 Å². The molecular formula is C13H16ClNO4. The number of carbonyl (C=O) groups is 2. The number of likely N-dealkylation sites (N-methyl/N-ethyl adjacent to an activating group) is 1. The zero-order chi connectivity index (χ0) is 14.4. The quantitative estimate of drug-likeness (QED) is 0.749. The van der Waals surface area contributed by atoms with Gasteiger partial charge in [-0.05, 0) is 24.7 Å². The number of carbonyl (C=O) groups excluding carboxylic acids is 1. The molecule has 0 radical (unpaired) electrons. The molecule has 0 bridgehead atoms. The summed E-state index contributed by atoms with van der Waals surface area (Å²) in [7, 11) is 1.44. The van der Waals surface area contributed by atoms with Crippen molar-refractivity contribution < 1.29 is 19.4 Å². The molecule has 0 saturated heterocycles. The average Bonchev–Trinajstić information content (AvgIpc) is 2.37. The molecule has 0 aliphatic rings. The molecule has 5 nitrogen and oxygen atoms in total. The molecule has 1 aromatic rings. The fourth-order valence-corrected chi connectivity index (χ4v) is 1.91. The molecule has 6 heteroatoms. The Hall–Kier alpha value is -1.59. The van der Waals surface area contributed by atoms with Gasteiger partial charge in [0, 0.05) is 5.02 Å². The van der Waals surface area contributed by atoms with Crippen LogP contribution in [0.1, 0.15) is 23.7 Å². The third-order valence-corrected chi connectivity index (χ3v) is 2.81. The second-order valence-electron chi connectivity index (χ2n) is 3.92. The maximum absolute atomic E-state index is 12.3. The number of rotatable bonds is 7. The lowest BCUT2D eigenvalue weighted by Crippen LogP contribution is -2.38. The van der Waals surface area contributed by atoms with E-state index >= 15 is 0 Å². The summed E-state index contributed by atoms with van der Waals surface area (Å²) in [5.41, 5.74) is 0.280. The highest BCUT2D eigenvalue weighted by Gasteiger charge is 2.24. The molecule has 1 atom stereocenters. The second-order valence-corrected chi connectivity index (χ2v) is 4.35. The Morgan fingerprint density at radius 2 is 2.16 bits per heavy atom. The first-order valence-corrected chi connectivity index (χ1v) is 6.20. The van der Waals surface area contributed by atoms with Gasteiger partial charge in [0.25, 0.3) is 0 Å². The lowest BCUT2D eigenvalue weighted by molar-refractivity contribution is -0.137. The summed E-state index contributed by atoms with van der Waals surface area (Å²) < 4.78 is 5.10. The fourth-order valence-electron chi connectivity index (χ4n) is 1.74. The summed E-state index contributed by atoms with van der Waals surface area (Å²) in [5.74, 6) is -1.01. The number of aliphatic carboxylic acids is 1. The molecule has 0 amide bonds. The number of carboxylic acids is 1. The van der Waals surface area contributed by atoms with Crippen LogP contribution in [-0.2, 0) is 4.79 Å². The molecule has 19 heavy (non-hydrogen) atoms. The van der Waals surface area contributed by atoms with Gasteiger partial charge < -0.3 is 15.2 Å². The van der Waals surface area contributed by atoms with Gasteiger partial charge in [0.2, 0.25) is 0 Å². The molecule has 0 heterocycles. The van der Waals surface area contributed by atoms with E-state index in [4.69, 9.17) is 21.4 Å². The zero-order valence-corrected chi connectivity index (χ0v) is 11.5. The van der Waals surface area contributed by atoms with Crippen molar-refractivity contribution in [1.29, 1.82) is 0 Å². The van der Waals surface area contributed by atoms with Gasteiger partial charge in [-0.2, -0.15) is 0 Å². The number of hydrogen-bond donors (Lipinski definition) is 2. The lowest BCUT2D eigenvalue weighted by Gasteiger charge is -2.16. The SMILES string of the molecule is CCNC(CC(=O)O)C(=O)c1cc(Cl)ccc1OC. The van der Waals surface area contributed by atoms with Crippen LogP contribution in [0.4, 0.5) is 0 Å². The molecule has 2 N–H and O–H groups in total. The summed E-state index contributed by atoms with van der Waals surface area (Å²) in [4.78, 5) is 23.1. The highest BCUT2D eigenvalue weighted by Crippen LogP contribution is 2.24. The van der Waals surface area contributed by atoms with Crippen LogP contribution in [0, 0.1) is 0 Å². The Kier molecular flexibility index (Phi) is 5.79. The van der Waals surface area contributed by atoms with Crippen molar-refractivity contribution >= 4 is 23.4 Å². The Bertz CT molecular complexity index is 476. The minimum atomic E-state index is -1.04. The van der Waals surface area contributed by atoms with Crippen LogP contribution < -0.4 is 10.1 Å². The van der Waals surface area contributed by atoms with Gasteiger partial charge in [0.05, 0.1) is 25.1 Å². The Morgan fingerprint density at radius 1 is 1.47 bits per heavy atom. The third-order valence-electron chi connectivity index (χ3n) is 2.57. The number of halogens is 1. The van der Waals surface area contributed by atoms with Crippen LogP contribution in [0.2, 0.25) is 5.02 Å². The summed E-state index contributed by atoms with van der Waals surface area (Å²) >= 11 is 5.86. The number of methoxy groups -OCH3 is 1. The van der Waals surface area contributed by atoms with E-state index in [1.807, 2.05) is 0 Å². The normalized spacial score (nSPS) is 11.9. The predicted molar refractivity (Wildman–Crippen MR) is 72.1 cm³/mol. The highest BCUT2D eigenvalue weighted by molar-refractivity contribution is 6.31. The third kappa shape index (κ3) is 4.22. The number of hydrogen-bond acceptors (Lipinski definition) is 4. The molecule has 1 unspecified atom stereocenters. The van der Waals surface area contributed by atoms with Crippen molar-refractivity contribution in [3.63, 3.8) is 0 Å². The van der Waals surface area contributed by atoms with Crippen molar-refractivity contribution in [3.8, 4) is 5.75 Å². The monoisotopic (exact) mass is 285 g/mol. The molecule has 0 fully saturated rings. The van der Waals surface area contributed by atoms with Crippen LogP contribution in [0.25, 0.3) is 0 Å². The Morgan fingerprint density at radius 3 is 2.68 bits per heavy atom. The van der Waals surface area contributed by atoms with Crippen LogP contribution in [-0.4, -0.2) is 36.6 Å². The molecule has 104 valence electrons. The van der Waals surface area contributed by atoms with E-state index in [2.05, 4.69) is 5.32 Å². The van der Waals surface area contributed by atoms with Crippen molar-refractivity contribution in [3.05, 3.63) is 28.8 Å². The first-order chi connectivity index (χ1) is 8.99. The fraction of sp³-hybridized carbons (Fsp3) is 0.385. The van der Waals surface area contributed by atoms with Crippen LogP contribution in [0.5, 0.6) is 5.75 Å². The van der Waals surface area contributed by atoms with Crippen LogP contribution >= 0.6 is 11.6 Å². The average molecular weight is 286 g/mol.